The van der Waals surface area contributed by atoms with Gasteiger partial charge in [0.05, 0.1) is 0 Å². The molecule has 0 saturated carbocycles. The van der Waals surface area contributed by atoms with Crippen LogP contribution in [-0.4, -0.2) is 30.3 Å². The van der Waals surface area contributed by atoms with E-state index in [1.54, 1.807) is 0 Å². The van der Waals surface area contributed by atoms with E-state index in [2.05, 4.69) is 11.4 Å². The lowest BCUT2D eigenvalue weighted by atomic mass is 10.1. The monoisotopic (exact) mass is 265 g/mol. The Morgan fingerprint density at radius 2 is 1.95 bits per heavy atom. The van der Waals surface area contributed by atoms with E-state index in [9.17, 15) is 4.79 Å². The molecule has 0 aliphatic rings. The van der Waals surface area contributed by atoms with Gasteiger partial charge in [-0.05, 0) is 43.5 Å². The maximum Gasteiger partial charge on any atom is 0.320 e. The van der Waals surface area contributed by atoms with Gasteiger partial charge >= 0.3 is 5.97 Å². The fraction of sp³-hybridized carbons (Fsp3) is 0.533. The summed E-state index contributed by atoms with van der Waals surface area (Å²) >= 11 is 0. The van der Waals surface area contributed by atoms with E-state index in [4.69, 9.17) is 9.84 Å². The third kappa shape index (κ3) is 5.75. The van der Waals surface area contributed by atoms with Crippen LogP contribution in [0.2, 0.25) is 0 Å². The highest BCUT2D eigenvalue weighted by molar-refractivity contribution is 5.73. The Morgan fingerprint density at radius 1 is 1.32 bits per heavy atom. The fourth-order valence-electron chi connectivity index (χ4n) is 2.02. The normalized spacial score (nSPS) is 12.2. The number of benzene rings is 1. The van der Waals surface area contributed by atoms with Gasteiger partial charge < -0.3 is 15.2 Å². The van der Waals surface area contributed by atoms with E-state index >= 15 is 0 Å². The molecular formula is C15H23NO3. The minimum Gasteiger partial charge on any atom is -0.492 e. The lowest BCUT2D eigenvalue weighted by Crippen LogP contribution is -2.38. The summed E-state index contributed by atoms with van der Waals surface area (Å²) in [6, 6.07) is 5.57. The first-order chi connectivity index (χ1) is 9.02. The minimum atomic E-state index is -0.798. The van der Waals surface area contributed by atoms with Crippen LogP contribution < -0.4 is 10.1 Å². The number of aryl methyl sites for hydroxylation is 2. The molecule has 0 aromatic heterocycles. The molecule has 0 aliphatic heterocycles. The second kappa shape index (κ2) is 7.79. The number of hydrogen-bond acceptors (Lipinski definition) is 3. The molecule has 4 heteroatoms. The first kappa shape index (κ1) is 15.5. The van der Waals surface area contributed by atoms with Crippen molar-refractivity contribution in [3.05, 3.63) is 29.3 Å². The van der Waals surface area contributed by atoms with Gasteiger partial charge in [0.15, 0.2) is 0 Å². The van der Waals surface area contributed by atoms with E-state index in [0.717, 1.165) is 23.3 Å². The van der Waals surface area contributed by atoms with Crippen molar-refractivity contribution in [2.75, 3.05) is 13.2 Å². The molecule has 106 valence electrons. The smallest absolute Gasteiger partial charge is 0.320 e. The standard InChI is InChI=1S/C15H23NO3/c1-4-5-14(15(17)18)16-6-7-19-13-9-11(2)8-12(3)10-13/h8-10,14,16H,4-7H2,1-3H3,(H,17,18). The van der Waals surface area contributed by atoms with Crippen LogP contribution in [0.25, 0.3) is 0 Å². The number of ether oxygens (including phenoxy) is 1. The number of hydrogen-bond donors (Lipinski definition) is 2. The molecule has 0 spiro atoms. The molecule has 0 saturated heterocycles. The van der Waals surface area contributed by atoms with Crippen LogP contribution in [0, 0.1) is 13.8 Å². The lowest BCUT2D eigenvalue weighted by molar-refractivity contribution is -0.139. The molecule has 4 nitrogen and oxygen atoms in total. The van der Waals surface area contributed by atoms with E-state index in [1.165, 1.54) is 0 Å². The highest BCUT2D eigenvalue weighted by Crippen LogP contribution is 2.15. The Balaban J connectivity index is 2.35. The van der Waals surface area contributed by atoms with Crippen molar-refractivity contribution in [3.8, 4) is 5.75 Å². The van der Waals surface area contributed by atoms with E-state index < -0.39 is 12.0 Å². The molecule has 1 aromatic rings. The zero-order valence-electron chi connectivity index (χ0n) is 11.9. The first-order valence-electron chi connectivity index (χ1n) is 6.70. The van der Waals surface area contributed by atoms with Crippen LogP contribution in [0.1, 0.15) is 30.9 Å². The van der Waals surface area contributed by atoms with Gasteiger partial charge in [0.25, 0.3) is 0 Å². The number of carbonyl (C=O) groups is 1. The fourth-order valence-corrected chi connectivity index (χ4v) is 2.02. The molecule has 0 bridgehead atoms. The van der Waals surface area contributed by atoms with Crippen molar-refractivity contribution < 1.29 is 14.6 Å². The zero-order valence-corrected chi connectivity index (χ0v) is 11.9. The maximum absolute atomic E-state index is 10.9. The van der Waals surface area contributed by atoms with Gasteiger partial charge in [0.2, 0.25) is 0 Å². The van der Waals surface area contributed by atoms with Crippen LogP contribution in [0.5, 0.6) is 5.75 Å². The van der Waals surface area contributed by atoms with E-state index in [-0.39, 0.29) is 0 Å². The van der Waals surface area contributed by atoms with Crippen molar-refractivity contribution in [2.45, 2.75) is 39.7 Å². The van der Waals surface area contributed by atoms with Gasteiger partial charge in [-0.1, -0.05) is 19.4 Å². The van der Waals surface area contributed by atoms with Gasteiger partial charge in [-0.25, -0.2) is 0 Å². The van der Waals surface area contributed by atoms with Gasteiger partial charge in [-0.3, -0.25) is 4.79 Å². The molecule has 0 radical (unpaired) electrons. The average Bonchev–Trinajstić information content (AvgIpc) is 2.31. The Kier molecular flexibility index (Phi) is 6.36. The second-order valence-electron chi connectivity index (χ2n) is 4.81. The van der Waals surface area contributed by atoms with Crippen molar-refractivity contribution in [1.29, 1.82) is 0 Å². The minimum absolute atomic E-state index is 0.469. The summed E-state index contributed by atoms with van der Waals surface area (Å²) in [6.45, 7) is 7.03. The summed E-state index contributed by atoms with van der Waals surface area (Å²) < 4.78 is 5.62. The third-order valence-electron chi connectivity index (χ3n) is 2.83. The van der Waals surface area contributed by atoms with Crippen LogP contribution >= 0.6 is 0 Å². The third-order valence-corrected chi connectivity index (χ3v) is 2.83. The summed E-state index contributed by atoms with van der Waals surface area (Å²) in [5, 5.41) is 12.0. The number of aliphatic carboxylic acids is 1. The van der Waals surface area contributed by atoms with Crippen LogP contribution in [0.15, 0.2) is 18.2 Å². The van der Waals surface area contributed by atoms with Crippen molar-refractivity contribution in [1.82, 2.24) is 5.32 Å². The summed E-state index contributed by atoms with van der Waals surface area (Å²) in [6.07, 6.45) is 1.49. The van der Waals surface area contributed by atoms with Gasteiger partial charge in [0.1, 0.15) is 18.4 Å². The van der Waals surface area contributed by atoms with E-state index in [1.807, 2.05) is 32.9 Å². The summed E-state index contributed by atoms with van der Waals surface area (Å²) in [5.41, 5.74) is 2.33. The average molecular weight is 265 g/mol. The highest BCUT2D eigenvalue weighted by atomic mass is 16.5. The quantitative estimate of drug-likeness (QED) is 0.709. The van der Waals surface area contributed by atoms with Crippen LogP contribution in [0.3, 0.4) is 0 Å². The number of carboxylic acid groups (broad SMARTS) is 1. The molecule has 0 fully saturated rings. The van der Waals surface area contributed by atoms with Crippen molar-refractivity contribution in [3.63, 3.8) is 0 Å². The molecule has 2 N–H and O–H groups in total. The SMILES string of the molecule is CCCC(NCCOc1cc(C)cc(C)c1)C(=O)O. The Morgan fingerprint density at radius 3 is 2.47 bits per heavy atom. The molecule has 1 unspecified atom stereocenters. The topological polar surface area (TPSA) is 58.6 Å². The molecule has 1 rings (SSSR count). The number of rotatable bonds is 8. The zero-order chi connectivity index (χ0) is 14.3. The van der Waals surface area contributed by atoms with Crippen molar-refractivity contribution >= 4 is 5.97 Å². The molecule has 1 atom stereocenters. The second-order valence-corrected chi connectivity index (χ2v) is 4.81. The Labute approximate surface area is 114 Å². The predicted octanol–water partition coefficient (Wildman–Crippen LogP) is 2.53. The highest BCUT2D eigenvalue weighted by Gasteiger charge is 2.14. The molecular weight excluding hydrogens is 242 g/mol. The number of nitrogens with one attached hydrogen (secondary N) is 1. The molecule has 0 aliphatic carbocycles. The molecule has 1 aromatic carbocycles. The van der Waals surface area contributed by atoms with Crippen LogP contribution in [-0.2, 0) is 4.79 Å². The van der Waals surface area contributed by atoms with Gasteiger partial charge in [-0.15, -0.1) is 0 Å². The Bertz CT molecular complexity index is 398. The molecule has 0 amide bonds. The van der Waals surface area contributed by atoms with Gasteiger partial charge in [0, 0.05) is 6.54 Å². The summed E-state index contributed by atoms with van der Waals surface area (Å²) in [7, 11) is 0. The summed E-state index contributed by atoms with van der Waals surface area (Å²) in [4.78, 5) is 10.9. The molecule has 19 heavy (non-hydrogen) atoms. The summed E-state index contributed by atoms with van der Waals surface area (Å²) in [5.74, 6) is 0.0370. The maximum atomic E-state index is 10.9. The Hall–Kier alpha value is -1.55. The number of carboxylic acids is 1. The predicted molar refractivity (Wildman–Crippen MR) is 75.7 cm³/mol. The largest absolute Gasteiger partial charge is 0.492 e. The van der Waals surface area contributed by atoms with Crippen LogP contribution in [0.4, 0.5) is 0 Å². The lowest BCUT2D eigenvalue weighted by Gasteiger charge is -2.14. The van der Waals surface area contributed by atoms with Crippen molar-refractivity contribution in [2.24, 2.45) is 0 Å². The van der Waals surface area contributed by atoms with E-state index in [0.29, 0.717) is 19.6 Å². The van der Waals surface area contributed by atoms with Gasteiger partial charge in [-0.2, -0.15) is 0 Å². The first-order valence-corrected chi connectivity index (χ1v) is 6.70. The molecule has 0 heterocycles.